The number of halogens is 1. The number of rotatable bonds is 1. The molecule has 0 amide bonds. The summed E-state index contributed by atoms with van der Waals surface area (Å²) in [5, 5.41) is 0.276. The predicted molar refractivity (Wildman–Crippen MR) is 63.5 cm³/mol. The van der Waals surface area contributed by atoms with E-state index in [1.165, 1.54) is 18.3 Å². The second kappa shape index (κ2) is 4.03. The van der Waals surface area contributed by atoms with Crippen LogP contribution in [0, 0.1) is 5.82 Å². The largest absolute Gasteiger partial charge is 0.403 e. The Morgan fingerprint density at radius 2 is 1.94 bits per heavy atom. The minimum atomic E-state index is -0.577. The summed E-state index contributed by atoms with van der Waals surface area (Å²) in [5.41, 5.74) is -0.194. The maximum absolute atomic E-state index is 13.6. The quantitative estimate of drug-likeness (QED) is 0.657. The highest BCUT2D eigenvalue weighted by atomic mass is 19.1. The van der Waals surface area contributed by atoms with Crippen LogP contribution in [0.3, 0.4) is 0 Å². The molecule has 0 fully saturated rings. The molecule has 0 saturated carbocycles. The second-order valence-electron chi connectivity index (χ2n) is 3.66. The van der Waals surface area contributed by atoms with Gasteiger partial charge in [-0.25, -0.2) is 14.2 Å². The first kappa shape index (κ1) is 10.6. The normalized spacial score (nSPS) is 10.7. The Kier molecular flexibility index (Phi) is 2.37. The van der Waals surface area contributed by atoms with Crippen molar-refractivity contribution in [1.29, 1.82) is 0 Å². The molecule has 5 heteroatoms. The van der Waals surface area contributed by atoms with Crippen molar-refractivity contribution in [1.82, 2.24) is 9.97 Å². The van der Waals surface area contributed by atoms with Crippen LogP contribution >= 0.6 is 0 Å². The van der Waals surface area contributed by atoms with Crippen LogP contribution in [-0.4, -0.2) is 9.97 Å². The number of hydrogen-bond donors (Lipinski definition) is 0. The molecule has 0 aliphatic heterocycles. The van der Waals surface area contributed by atoms with Gasteiger partial charge in [-0.2, -0.15) is 4.98 Å². The molecule has 0 N–H and O–H groups in total. The van der Waals surface area contributed by atoms with Crippen molar-refractivity contribution in [2.45, 2.75) is 0 Å². The zero-order chi connectivity index (χ0) is 12.5. The molecule has 0 bridgehead atoms. The highest BCUT2D eigenvalue weighted by Crippen LogP contribution is 2.20. The zero-order valence-corrected chi connectivity index (χ0v) is 9.13. The SMILES string of the molecule is O=c1oc(-c2ccccc2F)nc2ncccc12. The van der Waals surface area contributed by atoms with E-state index in [4.69, 9.17) is 4.42 Å². The van der Waals surface area contributed by atoms with Crippen LogP contribution < -0.4 is 5.63 Å². The van der Waals surface area contributed by atoms with Gasteiger partial charge in [0.2, 0.25) is 5.89 Å². The van der Waals surface area contributed by atoms with E-state index in [0.29, 0.717) is 0 Å². The van der Waals surface area contributed by atoms with Crippen molar-refractivity contribution in [3.63, 3.8) is 0 Å². The summed E-state index contributed by atoms with van der Waals surface area (Å²) in [7, 11) is 0. The van der Waals surface area contributed by atoms with E-state index in [2.05, 4.69) is 9.97 Å². The summed E-state index contributed by atoms with van der Waals surface area (Å²) >= 11 is 0. The lowest BCUT2D eigenvalue weighted by Crippen LogP contribution is -2.04. The number of aromatic nitrogens is 2. The average Bonchev–Trinajstić information content (AvgIpc) is 2.39. The topological polar surface area (TPSA) is 56.0 Å². The monoisotopic (exact) mass is 242 g/mol. The third kappa shape index (κ3) is 1.66. The molecule has 3 aromatic rings. The molecule has 0 radical (unpaired) electrons. The first-order valence-corrected chi connectivity index (χ1v) is 5.26. The number of benzene rings is 1. The van der Waals surface area contributed by atoms with Crippen LogP contribution in [0.5, 0.6) is 0 Å². The Balaban J connectivity index is 2.32. The zero-order valence-electron chi connectivity index (χ0n) is 9.13. The smallest absolute Gasteiger partial charge is 0.348 e. The second-order valence-corrected chi connectivity index (χ2v) is 3.66. The molecule has 0 saturated heterocycles. The summed E-state index contributed by atoms with van der Waals surface area (Å²) in [6, 6.07) is 9.14. The molecule has 0 aliphatic carbocycles. The minimum absolute atomic E-state index is 0.0655. The molecule has 88 valence electrons. The van der Waals surface area contributed by atoms with Crippen LogP contribution in [0.4, 0.5) is 4.39 Å². The standard InChI is InChI=1S/C13H7FN2O2/c14-10-6-2-1-4-8(10)12-16-11-9(13(17)18-12)5-3-7-15-11/h1-7H. The van der Waals surface area contributed by atoms with Gasteiger partial charge in [0.25, 0.3) is 0 Å². The predicted octanol–water partition coefficient (Wildman–Crippen LogP) is 2.39. The minimum Gasteiger partial charge on any atom is -0.403 e. The maximum Gasteiger partial charge on any atom is 0.348 e. The van der Waals surface area contributed by atoms with E-state index in [9.17, 15) is 9.18 Å². The van der Waals surface area contributed by atoms with Crippen molar-refractivity contribution in [2.24, 2.45) is 0 Å². The van der Waals surface area contributed by atoms with E-state index >= 15 is 0 Å². The van der Waals surface area contributed by atoms with E-state index in [-0.39, 0.29) is 22.5 Å². The fraction of sp³-hybridized carbons (Fsp3) is 0. The molecule has 4 nitrogen and oxygen atoms in total. The summed E-state index contributed by atoms with van der Waals surface area (Å²) in [6.07, 6.45) is 1.51. The third-order valence-electron chi connectivity index (χ3n) is 2.51. The van der Waals surface area contributed by atoms with Gasteiger partial charge in [-0.3, -0.25) is 0 Å². The van der Waals surface area contributed by atoms with Crippen molar-refractivity contribution >= 4 is 11.0 Å². The van der Waals surface area contributed by atoms with E-state index in [1.807, 2.05) is 0 Å². The molecule has 2 aromatic heterocycles. The van der Waals surface area contributed by atoms with Gasteiger partial charge in [0.1, 0.15) is 11.2 Å². The van der Waals surface area contributed by atoms with Gasteiger partial charge in [-0.05, 0) is 24.3 Å². The lowest BCUT2D eigenvalue weighted by atomic mass is 10.2. The van der Waals surface area contributed by atoms with Gasteiger partial charge in [-0.15, -0.1) is 0 Å². The summed E-state index contributed by atoms with van der Waals surface area (Å²) in [4.78, 5) is 19.7. The summed E-state index contributed by atoms with van der Waals surface area (Å²) in [6.45, 7) is 0. The summed E-state index contributed by atoms with van der Waals surface area (Å²) in [5.74, 6) is -0.562. The Hall–Kier alpha value is -2.56. The molecule has 0 aliphatic rings. The van der Waals surface area contributed by atoms with Gasteiger partial charge in [-0.1, -0.05) is 12.1 Å². The van der Waals surface area contributed by atoms with Crippen molar-refractivity contribution in [3.05, 3.63) is 58.8 Å². The Morgan fingerprint density at radius 3 is 2.78 bits per heavy atom. The highest BCUT2D eigenvalue weighted by molar-refractivity contribution is 5.74. The number of fused-ring (bicyclic) bond motifs is 1. The first-order valence-electron chi connectivity index (χ1n) is 5.26. The van der Waals surface area contributed by atoms with Crippen LogP contribution in [0.25, 0.3) is 22.5 Å². The molecule has 0 atom stereocenters. The van der Waals surface area contributed by atoms with E-state index in [0.717, 1.165) is 0 Å². The fourth-order valence-corrected chi connectivity index (χ4v) is 1.66. The number of nitrogens with zero attached hydrogens (tertiary/aromatic N) is 2. The Bertz CT molecular complexity index is 783. The van der Waals surface area contributed by atoms with Gasteiger partial charge in [0, 0.05) is 6.20 Å². The molecule has 3 rings (SSSR count). The van der Waals surface area contributed by atoms with Crippen LogP contribution in [0.1, 0.15) is 0 Å². The van der Waals surface area contributed by atoms with Crippen molar-refractivity contribution < 1.29 is 8.81 Å². The molecule has 18 heavy (non-hydrogen) atoms. The third-order valence-corrected chi connectivity index (χ3v) is 2.51. The Labute approximate surface area is 101 Å². The molecular formula is C13H7FN2O2. The lowest BCUT2D eigenvalue weighted by Gasteiger charge is -2.01. The molecule has 0 spiro atoms. The van der Waals surface area contributed by atoms with Crippen molar-refractivity contribution in [3.8, 4) is 11.5 Å². The van der Waals surface area contributed by atoms with Crippen LogP contribution in [0.15, 0.2) is 51.8 Å². The number of hydrogen-bond acceptors (Lipinski definition) is 4. The van der Waals surface area contributed by atoms with Gasteiger partial charge in [0.05, 0.1) is 5.56 Å². The first-order chi connectivity index (χ1) is 8.75. The fourth-order valence-electron chi connectivity index (χ4n) is 1.66. The van der Waals surface area contributed by atoms with E-state index in [1.54, 1.807) is 24.3 Å². The maximum atomic E-state index is 13.6. The van der Waals surface area contributed by atoms with Gasteiger partial charge >= 0.3 is 5.63 Å². The van der Waals surface area contributed by atoms with Gasteiger partial charge in [0.15, 0.2) is 5.65 Å². The molecule has 0 unspecified atom stereocenters. The molecule has 2 heterocycles. The average molecular weight is 242 g/mol. The highest BCUT2D eigenvalue weighted by Gasteiger charge is 2.12. The summed E-state index contributed by atoms with van der Waals surface area (Å²) < 4.78 is 18.6. The lowest BCUT2D eigenvalue weighted by molar-refractivity contribution is 0.511. The van der Waals surface area contributed by atoms with Crippen LogP contribution in [0.2, 0.25) is 0 Å². The number of pyridine rings is 1. The molecule has 1 aromatic carbocycles. The van der Waals surface area contributed by atoms with Crippen LogP contribution in [-0.2, 0) is 0 Å². The molecular weight excluding hydrogens is 235 g/mol. The van der Waals surface area contributed by atoms with Crippen molar-refractivity contribution in [2.75, 3.05) is 0 Å². The van der Waals surface area contributed by atoms with E-state index < -0.39 is 11.4 Å². The Morgan fingerprint density at radius 1 is 1.11 bits per heavy atom. The van der Waals surface area contributed by atoms with Gasteiger partial charge < -0.3 is 4.42 Å².